The molecule has 0 unspecified atom stereocenters. The van der Waals surface area contributed by atoms with Crippen LogP contribution in [0.25, 0.3) is 0 Å². The van der Waals surface area contributed by atoms with Crippen LogP contribution in [0.5, 0.6) is 0 Å². The SMILES string of the molecule is CCCCCCCCN(CCCCCCCC)CCOCC[N+](CCCC)(CCCC)Cc1ccccc1. The molecule has 0 aliphatic carbocycles. The van der Waals surface area contributed by atoms with Gasteiger partial charge in [0.15, 0.2) is 0 Å². The van der Waals surface area contributed by atoms with Gasteiger partial charge in [-0.15, -0.1) is 0 Å². The zero-order chi connectivity index (χ0) is 27.6. The van der Waals surface area contributed by atoms with Crippen molar-refractivity contribution >= 4 is 0 Å². The van der Waals surface area contributed by atoms with E-state index in [0.717, 1.165) is 32.8 Å². The molecule has 0 fully saturated rings. The lowest BCUT2D eigenvalue weighted by molar-refractivity contribution is -0.941. The van der Waals surface area contributed by atoms with Crippen LogP contribution in [0.4, 0.5) is 0 Å². The van der Waals surface area contributed by atoms with Crippen LogP contribution in [-0.4, -0.2) is 61.9 Å². The van der Waals surface area contributed by atoms with E-state index in [1.807, 2.05) is 0 Å². The number of nitrogens with zero attached hydrogens (tertiary/aromatic N) is 2. The van der Waals surface area contributed by atoms with Crippen molar-refractivity contribution < 1.29 is 9.22 Å². The van der Waals surface area contributed by atoms with E-state index in [9.17, 15) is 0 Å². The maximum Gasteiger partial charge on any atom is 0.104 e. The van der Waals surface area contributed by atoms with Crippen molar-refractivity contribution in [3.05, 3.63) is 35.9 Å². The van der Waals surface area contributed by atoms with Crippen LogP contribution < -0.4 is 0 Å². The first-order valence-corrected chi connectivity index (χ1v) is 16.9. The molecule has 1 aromatic rings. The summed E-state index contributed by atoms with van der Waals surface area (Å²) in [4.78, 5) is 2.71. The first-order valence-electron chi connectivity index (χ1n) is 16.9. The van der Waals surface area contributed by atoms with E-state index >= 15 is 0 Å². The number of hydrogen-bond acceptors (Lipinski definition) is 2. The molecular weight excluding hydrogens is 464 g/mol. The first kappa shape index (κ1) is 35.1. The van der Waals surface area contributed by atoms with Gasteiger partial charge in [0.05, 0.1) is 26.3 Å². The van der Waals surface area contributed by atoms with Crippen LogP contribution in [0.3, 0.4) is 0 Å². The third-order valence-corrected chi connectivity index (χ3v) is 8.25. The third-order valence-electron chi connectivity index (χ3n) is 8.25. The Morgan fingerprint density at radius 2 is 1.03 bits per heavy atom. The highest BCUT2D eigenvalue weighted by atomic mass is 16.5. The molecule has 0 amide bonds. The number of unbranched alkanes of at least 4 members (excludes halogenated alkanes) is 12. The molecular formula is C35H67N2O+. The fourth-order valence-electron chi connectivity index (χ4n) is 5.65. The predicted molar refractivity (Wildman–Crippen MR) is 169 cm³/mol. The Kier molecular flexibility index (Phi) is 23.2. The van der Waals surface area contributed by atoms with Crippen molar-refractivity contribution in [3.63, 3.8) is 0 Å². The first-order chi connectivity index (χ1) is 18.7. The van der Waals surface area contributed by atoms with E-state index in [2.05, 4.69) is 62.9 Å². The quantitative estimate of drug-likeness (QED) is 0.0788. The summed E-state index contributed by atoms with van der Waals surface area (Å²) in [6, 6.07) is 11.2. The van der Waals surface area contributed by atoms with Gasteiger partial charge in [-0.1, -0.05) is 135 Å². The zero-order valence-corrected chi connectivity index (χ0v) is 26.4. The molecule has 38 heavy (non-hydrogen) atoms. The highest BCUT2D eigenvalue weighted by molar-refractivity contribution is 5.13. The maximum atomic E-state index is 6.38. The lowest BCUT2D eigenvalue weighted by atomic mass is 10.1. The summed E-state index contributed by atoms with van der Waals surface area (Å²) in [6.07, 6.45) is 21.8. The summed E-state index contributed by atoms with van der Waals surface area (Å²) in [7, 11) is 0. The maximum absolute atomic E-state index is 6.38. The normalized spacial score (nSPS) is 12.0. The number of rotatable bonds is 28. The lowest BCUT2D eigenvalue weighted by Gasteiger charge is -2.39. The van der Waals surface area contributed by atoms with Gasteiger partial charge >= 0.3 is 0 Å². The van der Waals surface area contributed by atoms with Gasteiger partial charge in [0.2, 0.25) is 0 Å². The zero-order valence-electron chi connectivity index (χ0n) is 26.4. The molecule has 3 heteroatoms. The van der Waals surface area contributed by atoms with Crippen molar-refractivity contribution in [2.45, 2.75) is 137 Å². The Bertz CT molecular complexity index is 581. The highest BCUT2D eigenvalue weighted by Crippen LogP contribution is 2.18. The molecule has 0 radical (unpaired) electrons. The Labute approximate surface area is 239 Å². The second kappa shape index (κ2) is 25.1. The molecule has 1 rings (SSSR count). The van der Waals surface area contributed by atoms with Gasteiger partial charge in [0.1, 0.15) is 13.1 Å². The fraction of sp³-hybridized carbons (Fsp3) is 0.829. The van der Waals surface area contributed by atoms with E-state index in [0.29, 0.717) is 0 Å². The van der Waals surface area contributed by atoms with Crippen molar-refractivity contribution in [1.82, 2.24) is 4.90 Å². The van der Waals surface area contributed by atoms with Crippen molar-refractivity contribution in [2.24, 2.45) is 0 Å². The Hall–Kier alpha value is -0.900. The minimum absolute atomic E-state index is 0.887. The summed E-state index contributed by atoms with van der Waals surface area (Å²) in [6.45, 7) is 19.5. The molecule has 0 spiro atoms. The van der Waals surface area contributed by atoms with E-state index in [4.69, 9.17) is 4.74 Å². The van der Waals surface area contributed by atoms with Crippen LogP contribution in [0.1, 0.15) is 136 Å². The molecule has 0 N–H and O–H groups in total. The number of benzene rings is 1. The van der Waals surface area contributed by atoms with Gasteiger partial charge in [-0.3, -0.25) is 0 Å². The highest BCUT2D eigenvalue weighted by Gasteiger charge is 2.26. The van der Waals surface area contributed by atoms with E-state index in [-0.39, 0.29) is 0 Å². The van der Waals surface area contributed by atoms with Crippen LogP contribution in [-0.2, 0) is 11.3 Å². The van der Waals surface area contributed by atoms with Crippen molar-refractivity contribution in [1.29, 1.82) is 0 Å². The van der Waals surface area contributed by atoms with E-state index in [1.54, 1.807) is 0 Å². The number of quaternary nitrogens is 1. The molecule has 0 saturated heterocycles. The van der Waals surface area contributed by atoms with Crippen LogP contribution in [0.2, 0.25) is 0 Å². The van der Waals surface area contributed by atoms with Crippen molar-refractivity contribution in [2.75, 3.05) is 52.5 Å². The van der Waals surface area contributed by atoms with Gasteiger partial charge in [-0.05, 0) is 38.8 Å². The molecule has 0 aliphatic heterocycles. The smallest absolute Gasteiger partial charge is 0.104 e. The van der Waals surface area contributed by atoms with E-state index < -0.39 is 0 Å². The minimum atomic E-state index is 0.887. The topological polar surface area (TPSA) is 12.5 Å². The Morgan fingerprint density at radius 3 is 1.55 bits per heavy atom. The molecule has 222 valence electrons. The third kappa shape index (κ3) is 18.4. The summed E-state index contributed by atoms with van der Waals surface area (Å²) in [5.74, 6) is 0. The molecule has 0 aromatic heterocycles. The Balaban J connectivity index is 2.54. The molecule has 0 bridgehead atoms. The molecule has 0 atom stereocenters. The van der Waals surface area contributed by atoms with Crippen LogP contribution >= 0.6 is 0 Å². The number of hydrogen-bond donors (Lipinski definition) is 0. The van der Waals surface area contributed by atoms with Crippen LogP contribution in [0.15, 0.2) is 30.3 Å². The Morgan fingerprint density at radius 1 is 0.526 bits per heavy atom. The number of ether oxygens (including phenoxy) is 1. The molecule has 1 aromatic carbocycles. The molecule has 0 heterocycles. The average Bonchev–Trinajstić information content (AvgIpc) is 2.94. The van der Waals surface area contributed by atoms with Gasteiger partial charge in [0, 0.05) is 12.1 Å². The second-order valence-corrected chi connectivity index (χ2v) is 11.9. The summed E-state index contributed by atoms with van der Waals surface area (Å²) >= 11 is 0. The molecule has 0 saturated carbocycles. The minimum Gasteiger partial charge on any atom is -0.374 e. The fourth-order valence-corrected chi connectivity index (χ4v) is 5.65. The predicted octanol–water partition coefficient (Wildman–Crippen LogP) is 9.64. The van der Waals surface area contributed by atoms with Crippen LogP contribution in [0, 0.1) is 0 Å². The molecule has 3 nitrogen and oxygen atoms in total. The van der Waals surface area contributed by atoms with Crippen molar-refractivity contribution in [3.8, 4) is 0 Å². The lowest BCUT2D eigenvalue weighted by Crippen LogP contribution is -2.50. The van der Waals surface area contributed by atoms with E-state index in [1.165, 1.54) is 139 Å². The average molecular weight is 532 g/mol. The second-order valence-electron chi connectivity index (χ2n) is 11.9. The van der Waals surface area contributed by atoms with Gasteiger partial charge in [-0.2, -0.15) is 0 Å². The van der Waals surface area contributed by atoms with Gasteiger partial charge in [0.25, 0.3) is 0 Å². The standard InChI is InChI=1S/C35H67N2O/c1-5-9-13-15-17-22-26-36(27-23-18-16-14-10-6-2)28-32-38-33-31-37(29-11-7-3,30-12-8-4)34-35-24-20-19-21-25-35/h19-21,24-25H,5-18,22-23,26-34H2,1-4H3/q+1. The molecule has 0 aliphatic rings. The largest absolute Gasteiger partial charge is 0.374 e. The summed E-state index contributed by atoms with van der Waals surface area (Å²) < 4.78 is 7.56. The van der Waals surface area contributed by atoms with Gasteiger partial charge in [-0.25, -0.2) is 0 Å². The monoisotopic (exact) mass is 532 g/mol. The summed E-state index contributed by atoms with van der Waals surface area (Å²) in [5, 5.41) is 0. The summed E-state index contributed by atoms with van der Waals surface area (Å²) in [5.41, 5.74) is 1.48. The van der Waals surface area contributed by atoms with Gasteiger partial charge < -0.3 is 14.1 Å².